The van der Waals surface area contributed by atoms with Crippen LogP contribution in [0.2, 0.25) is 0 Å². The highest BCUT2D eigenvalue weighted by Crippen LogP contribution is 2.37. The van der Waals surface area contributed by atoms with E-state index in [1.165, 1.54) is 0 Å². The lowest BCUT2D eigenvalue weighted by molar-refractivity contribution is -0.135. The Kier molecular flexibility index (Phi) is 6.89. The molecular weight excluding hydrogens is 363 g/mol. The standard InChI is InChI=1S/C18H30Cl2N2O3/c19-14-8-13(16(23)9-15(14)20)17(24)11-2-1-6-22(7-4-11)18(25)12-3-5-21-10-12/h11-17,21,23-24H,1-10H2/t11?,12-,13?,14?,15?,16?,17?/m0/s1. The van der Waals surface area contributed by atoms with Crippen molar-refractivity contribution in [3.63, 3.8) is 0 Å². The van der Waals surface area contributed by atoms with Crippen molar-refractivity contribution >= 4 is 29.1 Å². The number of carbonyl (C=O) groups excluding carboxylic acids is 1. The molecule has 144 valence electrons. The average molecular weight is 393 g/mol. The van der Waals surface area contributed by atoms with Gasteiger partial charge in [0.05, 0.1) is 28.9 Å². The summed E-state index contributed by atoms with van der Waals surface area (Å²) in [5.74, 6) is 0.252. The van der Waals surface area contributed by atoms with E-state index >= 15 is 0 Å². The molecule has 0 radical (unpaired) electrons. The molecule has 0 spiro atoms. The maximum Gasteiger partial charge on any atom is 0.227 e. The molecule has 7 atom stereocenters. The first kappa shape index (κ1) is 19.7. The molecule has 0 aromatic rings. The first-order valence-electron chi connectivity index (χ1n) is 9.61. The van der Waals surface area contributed by atoms with Crippen LogP contribution in [-0.4, -0.2) is 70.2 Å². The molecule has 1 saturated carbocycles. The predicted molar refractivity (Wildman–Crippen MR) is 98.9 cm³/mol. The maximum absolute atomic E-state index is 12.6. The van der Waals surface area contributed by atoms with Gasteiger partial charge >= 0.3 is 0 Å². The highest BCUT2D eigenvalue weighted by atomic mass is 35.5. The van der Waals surface area contributed by atoms with Gasteiger partial charge in [-0.25, -0.2) is 0 Å². The van der Waals surface area contributed by atoms with Gasteiger partial charge in [0, 0.05) is 25.6 Å². The summed E-state index contributed by atoms with van der Waals surface area (Å²) in [6.45, 7) is 3.18. The zero-order valence-electron chi connectivity index (χ0n) is 14.6. The molecule has 3 aliphatic rings. The minimum Gasteiger partial charge on any atom is -0.393 e. The second-order valence-electron chi connectivity index (χ2n) is 7.93. The van der Waals surface area contributed by atoms with Gasteiger partial charge in [-0.05, 0) is 51.0 Å². The van der Waals surface area contributed by atoms with Crippen LogP contribution in [0.5, 0.6) is 0 Å². The lowest BCUT2D eigenvalue weighted by atomic mass is 9.76. The normalized spacial score (nSPS) is 41.4. The fourth-order valence-electron chi connectivity index (χ4n) is 4.64. The van der Waals surface area contributed by atoms with E-state index in [-0.39, 0.29) is 34.4 Å². The number of halogens is 2. The lowest BCUT2D eigenvalue weighted by Crippen LogP contribution is -2.45. The van der Waals surface area contributed by atoms with E-state index in [0.29, 0.717) is 19.4 Å². The quantitative estimate of drug-likeness (QED) is 0.637. The summed E-state index contributed by atoms with van der Waals surface area (Å²) >= 11 is 12.4. The molecule has 0 bridgehead atoms. The summed E-state index contributed by atoms with van der Waals surface area (Å²) < 4.78 is 0. The number of hydrogen-bond acceptors (Lipinski definition) is 4. The Bertz CT molecular complexity index is 462. The van der Waals surface area contributed by atoms with Gasteiger partial charge in [0.15, 0.2) is 0 Å². The fourth-order valence-corrected chi connectivity index (χ4v) is 5.24. The van der Waals surface area contributed by atoms with Crippen LogP contribution in [0.15, 0.2) is 0 Å². The first-order chi connectivity index (χ1) is 12.0. The number of likely N-dealkylation sites (tertiary alicyclic amines) is 1. The second-order valence-corrected chi connectivity index (χ2v) is 9.05. The minimum absolute atomic E-state index is 0.106. The topological polar surface area (TPSA) is 72.8 Å². The molecule has 3 fully saturated rings. The van der Waals surface area contributed by atoms with E-state index in [1.807, 2.05) is 4.90 Å². The highest BCUT2D eigenvalue weighted by Gasteiger charge is 2.41. The zero-order valence-corrected chi connectivity index (χ0v) is 16.1. The molecule has 6 unspecified atom stereocenters. The largest absolute Gasteiger partial charge is 0.393 e. The third-order valence-corrected chi connectivity index (χ3v) is 7.36. The predicted octanol–water partition coefficient (Wildman–Crippen LogP) is 1.57. The molecule has 7 heteroatoms. The molecule has 2 saturated heterocycles. The number of alkyl halides is 2. The Balaban J connectivity index is 1.56. The smallest absolute Gasteiger partial charge is 0.227 e. The molecular formula is C18H30Cl2N2O3. The highest BCUT2D eigenvalue weighted by molar-refractivity contribution is 6.30. The molecule has 1 aliphatic carbocycles. The van der Waals surface area contributed by atoms with Gasteiger partial charge in [-0.15, -0.1) is 23.2 Å². The molecule has 0 aromatic heterocycles. The summed E-state index contributed by atoms with van der Waals surface area (Å²) in [5.41, 5.74) is 0. The van der Waals surface area contributed by atoms with E-state index in [1.54, 1.807) is 0 Å². The van der Waals surface area contributed by atoms with Gasteiger partial charge in [-0.3, -0.25) is 4.79 Å². The van der Waals surface area contributed by atoms with Crippen LogP contribution in [0.3, 0.4) is 0 Å². The van der Waals surface area contributed by atoms with Crippen molar-refractivity contribution < 1.29 is 15.0 Å². The summed E-state index contributed by atoms with van der Waals surface area (Å²) in [4.78, 5) is 14.6. The number of nitrogens with zero attached hydrogens (tertiary/aromatic N) is 1. The van der Waals surface area contributed by atoms with E-state index in [0.717, 1.165) is 45.3 Å². The lowest BCUT2D eigenvalue weighted by Gasteiger charge is -2.39. The Labute approximate surface area is 160 Å². The number of carbonyl (C=O) groups is 1. The third kappa shape index (κ3) is 4.62. The van der Waals surface area contributed by atoms with Crippen molar-refractivity contribution in [2.45, 2.75) is 61.5 Å². The molecule has 0 aromatic carbocycles. The number of hydrogen-bond donors (Lipinski definition) is 3. The fraction of sp³-hybridized carbons (Fsp3) is 0.944. The molecule has 25 heavy (non-hydrogen) atoms. The van der Waals surface area contributed by atoms with Crippen LogP contribution in [0, 0.1) is 17.8 Å². The monoisotopic (exact) mass is 392 g/mol. The number of nitrogens with one attached hydrogen (secondary N) is 1. The van der Waals surface area contributed by atoms with E-state index in [9.17, 15) is 15.0 Å². The van der Waals surface area contributed by atoms with Crippen molar-refractivity contribution in [2.75, 3.05) is 26.2 Å². The molecule has 2 heterocycles. The van der Waals surface area contributed by atoms with E-state index in [2.05, 4.69) is 5.32 Å². The molecule has 5 nitrogen and oxygen atoms in total. The van der Waals surface area contributed by atoms with Gasteiger partial charge in [0.25, 0.3) is 0 Å². The molecule has 2 aliphatic heterocycles. The van der Waals surface area contributed by atoms with Crippen LogP contribution in [-0.2, 0) is 4.79 Å². The number of aliphatic hydroxyl groups excluding tert-OH is 2. The van der Waals surface area contributed by atoms with Crippen molar-refractivity contribution in [1.82, 2.24) is 10.2 Å². The number of aliphatic hydroxyl groups is 2. The Hall–Kier alpha value is -0.0700. The summed E-state index contributed by atoms with van der Waals surface area (Å²) in [7, 11) is 0. The number of rotatable bonds is 3. The zero-order chi connectivity index (χ0) is 18.0. The van der Waals surface area contributed by atoms with Gasteiger partial charge in [0.2, 0.25) is 5.91 Å². The first-order valence-corrected chi connectivity index (χ1v) is 10.5. The molecule has 3 rings (SSSR count). The summed E-state index contributed by atoms with van der Waals surface area (Å²) in [6.07, 6.45) is 3.29. The van der Waals surface area contributed by atoms with Crippen LogP contribution in [0.4, 0.5) is 0 Å². The van der Waals surface area contributed by atoms with E-state index < -0.39 is 12.2 Å². The Morgan fingerprint density at radius 1 is 1.12 bits per heavy atom. The molecule has 3 N–H and O–H groups in total. The number of amides is 1. The van der Waals surface area contributed by atoms with Crippen molar-refractivity contribution in [2.24, 2.45) is 17.8 Å². The minimum atomic E-state index is -0.599. The van der Waals surface area contributed by atoms with Crippen molar-refractivity contribution in [3.05, 3.63) is 0 Å². The van der Waals surface area contributed by atoms with Gasteiger partial charge in [-0.1, -0.05) is 0 Å². The van der Waals surface area contributed by atoms with Gasteiger partial charge < -0.3 is 20.4 Å². The van der Waals surface area contributed by atoms with Gasteiger partial charge in [0.1, 0.15) is 0 Å². The molecule has 1 amide bonds. The Morgan fingerprint density at radius 2 is 1.88 bits per heavy atom. The van der Waals surface area contributed by atoms with Crippen LogP contribution < -0.4 is 5.32 Å². The van der Waals surface area contributed by atoms with Crippen LogP contribution in [0.1, 0.15) is 38.5 Å². The second kappa shape index (κ2) is 8.75. The van der Waals surface area contributed by atoms with Crippen LogP contribution in [0.25, 0.3) is 0 Å². The SMILES string of the molecule is O=C([C@H]1CCNC1)N1CCCC(C(O)C2CC(Cl)C(Cl)CC2O)CC1. The summed E-state index contributed by atoms with van der Waals surface area (Å²) in [5, 5.41) is 24.0. The van der Waals surface area contributed by atoms with Crippen LogP contribution >= 0.6 is 23.2 Å². The average Bonchev–Trinajstić information content (AvgIpc) is 3.01. The van der Waals surface area contributed by atoms with Gasteiger partial charge in [-0.2, -0.15) is 0 Å². The third-order valence-electron chi connectivity index (χ3n) is 6.27. The summed E-state index contributed by atoms with van der Waals surface area (Å²) in [6, 6.07) is 0. The maximum atomic E-state index is 12.6. The van der Waals surface area contributed by atoms with Crippen molar-refractivity contribution in [1.29, 1.82) is 0 Å². The Morgan fingerprint density at radius 3 is 2.60 bits per heavy atom. The van der Waals surface area contributed by atoms with Crippen molar-refractivity contribution in [3.8, 4) is 0 Å². The van der Waals surface area contributed by atoms with E-state index in [4.69, 9.17) is 23.2 Å².